The molecular formula is C16H21N3O3. The van der Waals surface area contributed by atoms with Crippen LogP contribution in [0.2, 0.25) is 0 Å². The van der Waals surface area contributed by atoms with Gasteiger partial charge in [0, 0.05) is 19.2 Å². The third-order valence-corrected chi connectivity index (χ3v) is 4.12. The Morgan fingerprint density at radius 3 is 3.09 bits per heavy atom. The molecule has 0 saturated carbocycles. The molecule has 1 aromatic heterocycles. The Balaban J connectivity index is 1.76. The lowest BCUT2D eigenvalue weighted by atomic mass is 9.90. The second kappa shape index (κ2) is 5.68. The van der Waals surface area contributed by atoms with Crippen molar-refractivity contribution in [3.8, 4) is 0 Å². The molecule has 0 aromatic carbocycles. The number of carbonyl (C=O) groups excluding carboxylic acids is 2. The van der Waals surface area contributed by atoms with E-state index in [1.165, 1.54) is 0 Å². The fourth-order valence-corrected chi connectivity index (χ4v) is 3.03. The van der Waals surface area contributed by atoms with Gasteiger partial charge in [-0.1, -0.05) is 13.8 Å². The number of nitrogens with zero attached hydrogens (tertiary/aromatic N) is 2. The van der Waals surface area contributed by atoms with Crippen LogP contribution in [0.1, 0.15) is 33.1 Å². The highest BCUT2D eigenvalue weighted by Crippen LogP contribution is 2.34. The summed E-state index contributed by atoms with van der Waals surface area (Å²) < 4.78 is 5.72. The summed E-state index contributed by atoms with van der Waals surface area (Å²) in [5.74, 6) is -0.102. The number of hydrogen-bond donors (Lipinski definition) is 1. The van der Waals surface area contributed by atoms with Gasteiger partial charge in [-0.2, -0.15) is 0 Å². The van der Waals surface area contributed by atoms with Crippen LogP contribution in [0.15, 0.2) is 18.5 Å². The lowest BCUT2D eigenvalue weighted by Crippen LogP contribution is -2.34. The molecule has 3 heterocycles. The van der Waals surface area contributed by atoms with Crippen LogP contribution in [0, 0.1) is 5.41 Å². The van der Waals surface area contributed by atoms with Crippen molar-refractivity contribution in [3.05, 3.63) is 18.5 Å². The summed E-state index contributed by atoms with van der Waals surface area (Å²) in [4.78, 5) is 30.1. The third-order valence-electron chi connectivity index (χ3n) is 4.12. The third kappa shape index (κ3) is 3.11. The average Bonchev–Trinajstić information content (AvgIpc) is 2.70. The number of amides is 2. The summed E-state index contributed by atoms with van der Waals surface area (Å²) in [5.41, 5.74) is 1.43. The highest BCUT2D eigenvalue weighted by atomic mass is 16.5. The molecule has 0 aliphatic carbocycles. The first-order valence-corrected chi connectivity index (χ1v) is 7.60. The first-order chi connectivity index (χ1) is 10.4. The molecule has 0 radical (unpaired) electrons. The maximum absolute atomic E-state index is 12.7. The summed E-state index contributed by atoms with van der Waals surface area (Å²) in [6.45, 7) is 5.35. The molecule has 6 heteroatoms. The number of pyridine rings is 1. The molecule has 3 rings (SSSR count). The Morgan fingerprint density at radius 1 is 1.55 bits per heavy atom. The van der Waals surface area contributed by atoms with Crippen molar-refractivity contribution in [2.24, 2.45) is 5.41 Å². The Hall–Kier alpha value is -1.95. The normalized spacial score (nSPS) is 23.6. The monoisotopic (exact) mass is 303 g/mol. The van der Waals surface area contributed by atoms with E-state index in [1.807, 2.05) is 0 Å². The molecule has 2 aliphatic rings. The predicted octanol–water partition coefficient (Wildman–Crippen LogP) is 1.96. The number of hydrogen-bond acceptors (Lipinski definition) is 4. The average molecular weight is 303 g/mol. The second-order valence-electron chi connectivity index (χ2n) is 6.74. The van der Waals surface area contributed by atoms with Crippen molar-refractivity contribution in [1.29, 1.82) is 0 Å². The maximum Gasteiger partial charge on any atom is 0.229 e. The predicted molar refractivity (Wildman–Crippen MR) is 82.6 cm³/mol. The standard InChI is InChI=1S/C16H21N3O3/c1-16(2)8-11(22-10-16)7-15(21)19-6-4-14(20)18-12-3-5-17-9-13(12)19/h3,5,9,11H,4,6-8,10H2,1-2H3,(H,18,20). The van der Waals surface area contributed by atoms with Crippen molar-refractivity contribution in [1.82, 2.24) is 4.98 Å². The first kappa shape index (κ1) is 15.0. The number of rotatable bonds is 2. The molecule has 6 nitrogen and oxygen atoms in total. The molecule has 1 fully saturated rings. The topological polar surface area (TPSA) is 71.5 Å². The van der Waals surface area contributed by atoms with Crippen molar-refractivity contribution < 1.29 is 14.3 Å². The summed E-state index contributed by atoms with van der Waals surface area (Å²) in [7, 11) is 0. The molecule has 1 aromatic rings. The highest BCUT2D eigenvalue weighted by molar-refractivity contribution is 6.03. The summed E-state index contributed by atoms with van der Waals surface area (Å²) in [5, 5.41) is 2.81. The zero-order valence-electron chi connectivity index (χ0n) is 13.0. The largest absolute Gasteiger partial charge is 0.377 e. The fourth-order valence-electron chi connectivity index (χ4n) is 3.03. The Bertz CT molecular complexity index is 600. The minimum Gasteiger partial charge on any atom is -0.377 e. The lowest BCUT2D eigenvalue weighted by molar-refractivity contribution is -0.120. The van der Waals surface area contributed by atoms with Gasteiger partial charge in [0.15, 0.2) is 0 Å². The molecule has 1 unspecified atom stereocenters. The van der Waals surface area contributed by atoms with Crippen LogP contribution >= 0.6 is 0 Å². The molecule has 2 amide bonds. The molecule has 1 N–H and O–H groups in total. The highest BCUT2D eigenvalue weighted by Gasteiger charge is 2.35. The van der Waals surface area contributed by atoms with Gasteiger partial charge in [-0.15, -0.1) is 0 Å². The Labute approximate surface area is 129 Å². The molecular weight excluding hydrogens is 282 g/mol. The van der Waals surface area contributed by atoms with E-state index in [4.69, 9.17) is 4.74 Å². The van der Waals surface area contributed by atoms with Crippen LogP contribution < -0.4 is 10.2 Å². The smallest absolute Gasteiger partial charge is 0.229 e. The van der Waals surface area contributed by atoms with Gasteiger partial charge in [0.2, 0.25) is 11.8 Å². The van der Waals surface area contributed by atoms with E-state index in [0.717, 1.165) is 6.42 Å². The van der Waals surface area contributed by atoms with Gasteiger partial charge in [-0.25, -0.2) is 0 Å². The fraction of sp³-hybridized carbons (Fsp3) is 0.562. The first-order valence-electron chi connectivity index (χ1n) is 7.60. The maximum atomic E-state index is 12.7. The summed E-state index contributed by atoms with van der Waals surface area (Å²) in [6, 6.07) is 1.72. The zero-order chi connectivity index (χ0) is 15.7. The van der Waals surface area contributed by atoms with Gasteiger partial charge in [-0.3, -0.25) is 14.6 Å². The van der Waals surface area contributed by atoms with Gasteiger partial charge < -0.3 is 15.0 Å². The van der Waals surface area contributed by atoms with E-state index in [2.05, 4.69) is 24.1 Å². The van der Waals surface area contributed by atoms with Crippen molar-refractivity contribution in [2.75, 3.05) is 23.4 Å². The van der Waals surface area contributed by atoms with E-state index >= 15 is 0 Å². The van der Waals surface area contributed by atoms with Crippen LogP contribution in [0.4, 0.5) is 11.4 Å². The molecule has 0 bridgehead atoms. The van der Waals surface area contributed by atoms with E-state index in [9.17, 15) is 9.59 Å². The molecule has 1 saturated heterocycles. The molecule has 22 heavy (non-hydrogen) atoms. The minimum atomic E-state index is -0.0824. The molecule has 118 valence electrons. The van der Waals surface area contributed by atoms with E-state index in [-0.39, 0.29) is 29.8 Å². The quantitative estimate of drug-likeness (QED) is 0.906. The van der Waals surface area contributed by atoms with Gasteiger partial charge in [0.05, 0.1) is 36.7 Å². The number of aromatic nitrogens is 1. The Morgan fingerprint density at radius 2 is 2.36 bits per heavy atom. The SMILES string of the molecule is CC1(C)COC(CC(=O)N2CCC(=O)Nc3ccncc32)C1. The van der Waals surface area contributed by atoms with E-state index in [1.54, 1.807) is 23.4 Å². The van der Waals surface area contributed by atoms with Crippen LogP contribution in [-0.4, -0.2) is 36.1 Å². The van der Waals surface area contributed by atoms with Crippen molar-refractivity contribution >= 4 is 23.2 Å². The summed E-state index contributed by atoms with van der Waals surface area (Å²) in [6.07, 6.45) is 4.69. The second-order valence-corrected chi connectivity index (χ2v) is 6.74. The van der Waals surface area contributed by atoms with Crippen LogP contribution in [0.3, 0.4) is 0 Å². The number of anilines is 2. The summed E-state index contributed by atoms with van der Waals surface area (Å²) >= 11 is 0. The van der Waals surface area contributed by atoms with Crippen LogP contribution in [0.5, 0.6) is 0 Å². The lowest BCUT2D eigenvalue weighted by Gasteiger charge is -2.23. The van der Waals surface area contributed by atoms with E-state index in [0.29, 0.717) is 30.9 Å². The van der Waals surface area contributed by atoms with Gasteiger partial charge in [0.25, 0.3) is 0 Å². The Kier molecular flexibility index (Phi) is 3.87. The van der Waals surface area contributed by atoms with Crippen molar-refractivity contribution in [2.45, 2.75) is 39.2 Å². The zero-order valence-corrected chi connectivity index (χ0v) is 13.0. The number of carbonyl (C=O) groups is 2. The van der Waals surface area contributed by atoms with Gasteiger partial charge in [0.1, 0.15) is 0 Å². The van der Waals surface area contributed by atoms with Crippen LogP contribution in [0.25, 0.3) is 0 Å². The van der Waals surface area contributed by atoms with Crippen LogP contribution in [-0.2, 0) is 14.3 Å². The number of nitrogens with one attached hydrogen (secondary N) is 1. The van der Waals surface area contributed by atoms with Gasteiger partial charge in [-0.05, 0) is 17.9 Å². The van der Waals surface area contributed by atoms with Gasteiger partial charge >= 0.3 is 0 Å². The molecule has 1 atom stereocenters. The number of fused-ring (bicyclic) bond motifs is 1. The van der Waals surface area contributed by atoms with Crippen molar-refractivity contribution in [3.63, 3.8) is 0 Å². The number of ether oxygens (including phenoxy) is 1. The van der Waals surface area contributed by atoms with E-state index < -0.39 is 0 Å². The minimum absolute atomic E-state index is 0.0200. The molecule has 0 spiro atoms. The molecule has 2 aliphatic heterocycles.